The molecule has 0 bridgehead atoms. The summed E-state index contributed by atoms with van der Waals surface area (Å²) in [5.41, 5.74) is 0.989. The number of nitrogens with zero attached hydrogens (tertiary/aromatic N) is 2. The van der Waals surface area contributed by atoms with Crippen LogP contribution in [0.2, 0.25) is 0 Å². The molecular formula is C15H12N4O3. The number of hydrogen-bond acceptors (Lipinski definition) is 5. The summed E-state index contributed by atoms with van der Waals surface area (Å²) in [7, 11) is 0. The van der Waals surface area contributed by atoms with Crippen LogP contribution in [0.1, 0.15) is 6.92 Å². The number of rotatable bonds is 4. The molecule has 0 fully saturated rings. The van der Waals surface area contributed by atoms with Crippen molar-refractivity contribution in [2.75, 3.05) is 5.32 Å². The molecule has 0 aliphatic heterocycles. The molecule has 0 unspecified atom stereocenters. The lowest BCUT2D eigenvalue weighted by atomic mass is 10.2. The summed E-state index contributed by atoms with van der Waals surface area (Å²) in [6.45, 7) is 1.39. The van der Waals surface area contributed by atoms with Crippen molar-refractivity contribution in [3.05, 3.63) is 47.6 Å². The van der Waals surface area contributed by atoms with Crippen molar-refractivity contribution in [3.63, 3.8) is 0 Å². The van der Waals surface area contributed by atoms with Crippen molar-refractivity contribution in [2.24, 2.45) is 5.18 Å². The first kappa shape index (κ1) is 13.7. The molecule has 0 aliphatic carbocycles. The summed E-state index contributed by atoms with van der Waals surface area (Å²) in [5.74, 6) is 0.919. The van der Waals surface area contributed by atoms with E-state index in [1.54, 1.807) is 30.5 Å². The van der Waals surface area contributed by atoms with Crippen molar-refractivity contribution in [2.45, 2.75) is 6.92 Å². The minimum absolute atomic E-state index is 0.188. The predicted molar refractivity (Wildman–Crippen MR) is 82.4 cm³/mol. The highest BCUT2D eigenvalue weighted by molar-refractivity contribution is 5.88. The fourth-order valence-corrected chi connectivity index (χ4v) is 2.07. The normalized spacial score (nSPS) is 10.4. The first-order chi connectivity index (χ1) is 10.7. The Bertz CT molecular complexity index is 857. The Kier molecular flexibility index (Phi) is 3.53. The maximum atomic E-state index is 11.0. The average molecular weight is 296 g/mol. The summed E-state index contributed by atoms with van der Waals surface area (Å²) in [4.78, 5) is 29.0. The Balaban J connectivity index is 1.95. The van der Waals surface area contributed by atoms with Gasteiger partial charge in [0.15, 0.2) is 11.4 Å². The second-order valence-corrected chi connectivity index (χ2v) is 4.64. The molecule has 0 aliphatic rings. The highest BCUT2D eigenvalue weighted by Gasteiger charge is 2.10. The Morgan fingerprint density at radius 1 is 1.32 bits per heavy atom. The van der Waals surface area contributed by atoms with Gasteiger partial charge in [-0.3, -0.25) is 4.79 Å². The topological polar surface area (TPSA) is 96.4 Å². The van der Waals surface area contributed by atoms with Crippen molar-refractivity contribution in [1.82, 2.24) is 9.97 Å². The van der Waals surface area contributed by atoms with Crippen LogP contribution in [0.3, 0.4) is 0 Å². The second-order valence-electron chi connectivity index (χ2n) is 4.64. The molecule has 1 aromatic carbocycles. The third-order valence-electron chi connectivity index (χ3n) is 2.99. The molecule has 7 nitrogen and oxygen atoms in total. The molecule has 110 valence electrons. The Labute approximate surface area is 125 Å². The maximum absolute atomic E-state index is 11.0. The molecule has 0 saturated heterocycles. The maximum Gasteiger partial charge on any atom is 0.222 e. The highest BCUT2D eigenvalue weighted by atomic mass is 16.5. The minimum Gasteiger partial charge on any atom is -0.455 e. The Morgan fingerprint density at radius 2 is 2.18 bits per heavy atom. The molecule has 2 heterocycles. The molecule has 2 N–H and O–H groups in total. The molecule has 3 aromatic rings. The van der Waals surface area contributed by atoms with E-state index in [1.165, 1.54) is 13.1 Å². The smallest absolute Gasteiger partial charge is 0.222 e. The van der Waals surface area contributed by atoms with E-state index in [2.05, 4.69) is 20.5 Å². The predicted octanol–water partition coefficient (Wildman–Crippen LogP) is 3.71. The van der Waals surface area contributed by atoms with Crippen molar-refractivity contribution < 1.29 is 9.53 Å². The van der Waals surface area contributed by atoms with Gasteiger partial charge in [-0.05, 0) is 29.4 Å². The van der Waals surface area contributed by atoms with Gasteiger partial charge in [-0.15, -0.1) is 4.91 Å². The van der Waals surface area contributed by atoms with Crippen LogP contribution in [0.15, 0.2) is 47.9 Å². The van der Waals surface area contributed by atoms with Crippen molar-refractivity contribution in [3.8, 4) is 11.5 Å². The van der Waals surface area contributed by atoms with Crippen LogP contribution in [0.5, 0.6) is 11.5 Å². The monoisotopic (exact) mass is 296 g/mol. The second kappa shape index (κ2) is 5.65. The summed E-state index contributed by atoms with van der Waals surface area (Å²) < 4.78 is 5.70. The van der Waals surface area contributed by atoms with Gasteiger partial charge < -0.3 is 15.0 Å². The van der Waals surface area contributed by atoms with Crippen LogP contribution in [-0.2, 0) is 4.79 Å². The highest BCUT2D eigenvalue weighted by Crippen LogP contribution is 2.35. The van der Waals surface area contributed by atoms with Crippen molar-refractivity contribution >= 4 is 28.3 Å². The van der Waals surface area contributed by atoms with Gasteiger partial charge >= 0.3 is 0 Å². The molecule has 3 rings (SSSR count). The number of nitrogens with one attached hydrogen (secondary N) is 2. The molecule has 7 heteroatoms. The lowest BCUT2D eigenvalue weighted by Crippen LogP contribution is -2.07. The van der Waals surface area contributed by atoms with Crippen LogP contribution in [0, 0.1) is 4.91 Å². The summed E-state index contributed by atoms with van der Waals surface area (Å²) in [6, 6.07) is 8.40. The minimum atomic E-state index is -0.228. The van der Waals surface area contributed by atoms with Crippen LogP contribution < -0.4 is 10.1 Å². The van der Waals surface area contributed by atoms with Gasteiger partial charge in [0.05, 0.1) is 0 Å². The molecular weight excluding hydrogens is 284 g/mol. The van der Waals surface area contributed by atoms with E-state index in [0.29, 0.717) is 17.3 Å². The van der Waals surface area contributed by atoms with Crippen molar-refractivity contribution in [1.29, 1.82) is 0 Å². The number of carbonyl (C=O) groups excluding carboxylic acids is 1. The number of aromatic nitrogens is 2. The number of benzene rings is 1. The Hall–Kier alpha value is -3.22. The molecule has 2 aromatic heterocycles. The van der Waals surface area contributed by atoms with Crippen LogP contribution in [0.25, 0.3) is 10.9 Å². The molecule has 0 radical (unpaired) electrons. The van der Waals surface area contributed by atoms with E-state index in [4.69, 9.17) is 4.74 Å². The van der Waals surface area contributed by atoms with Gasteiger partial charge in [0.2, 0.25) is 5.91 Å². The SMILES string of the molecule is CC(=O)Nc1cc(Oc2cc3cc[nH]c3cc2N=O)ccn1. The van der Waals surface area contributed by atoms with E-state index >= 15 is 0 Å². The van der Waals surface area contributed by atoms with Gasteiger partial charge in [0.1, 0.15) is 11.6 Å². The molecule has 1 amide bonds. The van der Waals surface area contributed by atoms with Gasteiger partial charge in [-0.25, -0.2) is 4.98 Å². The third kappa shape index (κ3) is 2.78. The molecule has 22 heavy (non-hydrogen) atoms. The third-order valence-corrected chi connectivity index (χ3v) is 2.99. The number of aromatic amines is 1. The van der Waals surface area contributed by atoms with E-state index in [-0.39, 0.29) is 11.6 Å². The van der Waals surface area contributed by atoms with E-state index in [0.717, 1.165) is 10.9 Å². The van der Waals surface area contributed by atoms with Gasteiger partial charge in [0, 0.05) is 36.3 Å². The van der Waals surface area contributed by atoms with Gasteiger partial charge in [0.25, 0.3) is 0 Å². The fraction of sp³-hybridized carbons (Fsp3) is 0.0667. The standard InChI is InChI=1S/C15H12N4O3/c1-9(20)18-15-7-11(3-5-17-15)22-14-6-10-2-4-16-12(10)8-13(14)19-21/h2-8,16H,1H3,(H,17,18,20). The number of carbonyl (C=O) groups is 1. The number of amides is 1. The fourth-order valence-electron chi connectivity index (χ4n) is 2.07. The number of nitroso groups, excluding NO2 is 1. The molecule has 0 spiro atoms. The van der Waals surface area contributed by atoms with Crippen LogP contribution >= 0.6 is 0 Å². The first-order valence-corrected chi connectivity index (χ1v) is 6.52. The van der Waals surface area contributed by atoms with Crippen LogP contribution in [-0.4, -0.2) is 15.9 Å². The molecule has 0 saturated carbocycles. The lowest BCUT2D eigenvalue weighted by Gasteiger charge is -2.09. The zero-order chi connectivity index (χ0) is 15.5. The summed E-state index contributed by atoms with van der Waals surface area (Å²) in [5, 5.41) is 6.45. The van der Waals surface area contributed by atoms with E-state index in [1.807, 2.05) is 6.07 Å². The summed E-state index contributed by atoms with van der Waals surface area (Å²) in [6.07, 6.45) is 3.27. The van der Waals surface area contributed by atoms with E-state index < -0.39 is 0 Å². The number of hydrogen-bond donors (Lipinski definition) is 2. The summed E-state index contributed by atoms with van der Waals surface area (Å²) >= 11 is 0. The lowest BCUT2D eigenvalue weighted by molar-refractivity contribution is -0.114. The Morgan fingerprint density at radius 3 is 2.95 bits per heavy atom. The van der Waals surface area contributed by atoms with Gasteiger partial charge in [-0.2, -0.15) is 0 Å². The number of ether oxygens (including phenoxy) is 1. The zero-order valence-corrected chi connectivity index (χ0v) is 11.7. The first-order valence-electron chi connectivity index (χ1n) is 6.52. The van der Waals surface area contributed by atoms with Gasteiger partial charge in [-0.1, -0.05) is 0 Å². The number of H-pyrrole nitrogens is 1. The zero-order valence-electron chi connectivity index (χ0n) is 11.7. The number of fused-ring (bicyclic) bond motifs is 1. The largest absolute Gasteiger partial charge is 0.455 e. The van der Waals surface area contributed by atoms with Crippen LogP contribution in [0.4, 0.5) is 11.5 Å². The number of anilines is 1. The van der Waals surface area contributed by atoms with E-state index in [9.17, 15) is 9.70 Å². The average Bonchev–Trinajstić information content (AvgIpc) is 2.93. The quantitative estimate of drug-likeness (QED) is 0.717. The molecule has 0 atom stereocenters. The number of pyridine rings is 1.